The average Bonchev–Trinajstić information content (AvgIpc) is 2.79. The standard InChI is InChI=1S/C12H14N4OS/c1-7-6-8(7)11(17)14-12-13-10(15-16(12)2)9-4-3-5-18-9/h3-5,7-8H,6H2,1-2H3,(H,13,14,15,17)/t7-,8-/m0/s1. The number of aromatic nitrogens is 3. The van der Waals surface area contributed by atoms with Crippen LogP contribution in [0.25, 0.3) is 10.7 Å². The number of hydrogen-bond donors (Lipinski definition) is 1. The van der Waals surface area contributed by atoms with E-state index in [9.17, 15) is 4.79 Å². The van der Waals surface area contributed by atoms with Crippen LogP contribution in [0.1, 0.15) is 13.3 Å². The number of anilines is 1. The maximum absolute atomic E-state index is 11.8. The molecule has 0 bridgehead atoms. The van der Waals surface area contributed by atoms with E-state index in [0.717, 1.165) is 11.3 Å². The molecule has 0 aromatic carbocycles. The third-order valence-corrected chi connectivity index (χ3v) is 4.05. The van der Waals surface area contributed by atoms with Crippen LogP contribution in [0.5, 0.6) is 0 Å². The van der Waals surface area contributed by atoms with Gasteiger partial charge in [0, 0.05) is 13.0 Å². The van der Waals surface area contributed by atoms with Gasteiger partial charge in [0.1, 0.15) is 0 Å². The zero-order chi connectivity index (χ0) is 12.7. The molecule has 0 spiro atoms. The molecular formula is C12H14N4OS. The lowest BCUT2D eigenvalue weighted by Gasteiger charge is -2.01. The Labute approximate surface area is 109 Å². The van der Waals surface area contributed by atoms with E-state index in [-0.39, 0.29) is 11.8 Å². The Bertz CT molecular complexity index is 575. The van der Waals surface area contributed by atoms with Crippen molar-refractivity contribution in [3.05, 3.63) is 17.5 Å². The Balaban J connectivity index is 1.79. The van der Waals surface area contributed by atoms with Gasteiger partial charge in [-0.15, -0.1) is 16.4 Å². The molecule has 2 aromatic rings. The first-order valence-corrected chi connectivity index (χ1v) is 6.79. The lowest BCUT2D eigenvalue weighted by atomic mass is 10.3. The highest BCUT2D eigenvalue weighted by molar-refractivity contribution is 7.13. The summed E-state index contributed by atoms with van der Waals surface area (Å²) in [7, 11) is 1.79. The second kappa shape index (κ2) is 4.20. The van der Waals surface area contributed by atoms with Crippen molar-refractivity contribution in [1.82, 2.24) is 14.8 Å². The van der Waals surface area contributed by atoms with Gasteiger partial charge in [0.25, 0.3) is 0 Å². The summed E-state index contributed by atoms with van der Waals surface area (Å²) in [6.07, 6.45) is 0.974. The minimum absolute atomic E-state index is 0.0516. The maximum Gasteiger partial charge on any atom is 0.230 e. The molecule has 0 aliphatic heterocycles. The van der Waals surface area contributed by atoms with Gasteiger partial charge in [-0.1, -0.05) is 13.0 Å². The number of carbonyl (C=O) groups is 1. The molecule has 0 unspecified atom stereocenters. The Kier molecular flexibility index (Phi) is 2.66. The number of hydrogen-bond acceptors (Lipinski definition) is 4. The van der Waals surface area contributed by atoms with Crippen LogP contribution in [0.3, 0.4) is 0 Å². The van der Waals surface area contributed by atoms with Crippen LogP contribution in [0, 0.1) is 11.8 Å². The van der Waals surface area contributed by atoms with Crippen molar-refractivity contribution in [3.63, 3.8) is 0 Å². The zero-order valence-corrected chi connectivity index (χ0v) is 11.1. The lowest BCUT2D eigenvalue weighted by molar-refractivity contribution is -0.117. The Morgan fingerprint density at radius 3 is 3.00 bits per heavy atom. The lowest BCUT2D eigenvalue weighted by Crippen LogP contribution is -2.17. The van der Waals surface area contributed by atoms with Gasteiger partial charge in [0.05, 0.1) is 4.88 Å². The maximum atomic E-state index is 11.8. The van der Waals surface area contributed by atoms with Gasteiger partial charge >= 0.3 is 0 Å². The minimum atomic E-state index is 0.0516. The number of nitrogens with zero attached hydrogens (tertiary/aromatic N) is 3. The van der Waals surface area contributed by atoms with Crippen LogP contribution in [-0.4, -0.2) is 20.7 Å². The van der Waals surface area contributed by atoms with Crippen LogP contribution in [0.2, 0.25) is 0 Å². The molecule has 1 fully saturated rings. The van der Waals surface area contributed by atoms with E-state index < -0.39 is 0 Å². The van der Waals surface area contributed by atoms with E-state index in [1.807, 2.05) is 17.5 Å². The number of carbonyl (C=O) groups excluding carboxylic acids is 1. The van der Waals surface area contributed by atoms with Crippen molar-refractivity contribution in [3.8, 4) is 10.7 Å². The fraction of sp³-hybridized carbons (Fsp3) is 0.417. The van der Waals surface area contributed by atoms with Crippen LogP contribution in [-0.2, 0) is 11.8 Å². The van der Waals surface area contributed by atoms with Gasteiger partial charge in [-0.25, -0.2) is 4.68 Å². The highest BCUT2D eigenvalue weighted by Crippen LogP contribution is 2.38. The summed E-state index contributed by atoms with van der Waals surface area (Å²) in [4.78, 5) is 17.2. The van der Waals surface area contributed by atoms with Crippen molar-refractivity contribution in [2.24, 2.45) is 18.9 Å². The molecule has 3 rings (SSSR count). The van der Waals surface area contributed by atoms with E-state index >= 15 is 0 Å². The number of aryl methyl sites for hydroxylation is 1. The van der Waals surface area contributed by atoms with Crippen LogP contribution in [0.15, 0.2) is 17.5 Å². The summed E-state index contributed by atoms with van der Waals surface area (Å²) in [5, 5.41) is 9.13. The minimum Gasteiger partial charge on any atom is -0.294 e. The summed E-state index contributed by atoms with van der Waals surface area (Å²) in [5.41, 5.74) is 0. The summed E-state index contributed by atoms with van der Waals surface area (Å²) < 4.78 is 1.61. The molecule has 1 N–H and O–H groups in total. The second-order valence-corrected chi connectivity index (χ2v) is 5.62. The van der Waals surface area contributed by atoms with Crippen LogP contribution >= 0.6 is 11.3 Å². The first kappa shape index (κ1) is 11.4. The number of amides is 1. The molecule has 1 aliphatic carbocycles. The first-order chi connectivity index (χ1) is 8.65. The number of rotatable bonds is 3. The Hall–Kier alpha value is -1.69. The van der Waals surface area contributed by atoms with Gasteiger partial charge in [-0.3, -0.25) is 10.1 Å². The number of thiophene rings is 1. The predicted molar refractivity (Wildman–Crippen MR) is 70.2 cm³/mol. The SMILES string of the molecule is C[C@H]1C[C@@H]1C(=O)Nc1nc(-c2cccs2)nn1C. The monoisotopic (exact) mass is 262 g/mol. The molecule has 2 heterocycles. The van der Waals surface area contributed by atoms with Gasteiger partial charge in [0.2, 0.25) is 11.9 Å². The van der Waals surface area contributed by atoms with Gasteiger partial charge in [0.15, 0.2) is 5.82 Å². The topological polar surface area (TPSA) is 59.8 Å². The smallest absolute Gasteiger partial charge is 0.230 e. The molecule has 0 radical (unpaired) electrons. The molecule has 2 atom stereocenters. The predicted octanol–water partition coefficient (Wildman–Crippen LogP) is 2.14. The second-order valence-electron chi connectivity index (χ2n) is 4.67. The van der Waals surface area contributed by atoms with Crippen LogP contribution < -0.4 is 5.32 Å². The number of nitrogens with one attached hydrogen (secondary N) is 1. The molecule has 1 saturated carbocycles. The van der Waals surface area contributed by atoms with Crippen molar-refractivity contribution in [1.29, 1.82) is 0 Å². The summed E-state index contributed by atoms with van der Waals surface area (Å²) >= 11 is 1.58. The first-order valence-electron chi connectivity index (χ1n) is 5.91. The van der Waals surface area contributed by atoms with Gasteiger partial charge in [-0.05, 0) is 23.8 Å². The summed E-state index contributed by atoms with van der Waals surface area (Å²) in [5.74, 6) is 1.87. The fourth-order valence-corrected chi connectivity index (χ4v) is 2.55. The molecule has 0 saturated heterocycles. The zero-order valence-electron chi connectivity index (χ0n) is 10.3. The summed E-state index contributed by atoms with van der Waals surface area (Å²) in [6.45, 7) is 2.08. The van der Waals surface area contributed by atoms with Crippen molar-refractivity contribution in [2.75, 3.05) is 5.32 Å². The molecule has 6 heteroatoms. The third kappa shape index (κ3) is 2.03. The molecule has 1 aliphatic rings. The quantitative estimate of drug-likeness (QED) is 0.922. The van der Waals surface area contributed by atoms with Crippen molar-refractivity contribution in [2.45, 2.75) is 13.3 Å². The van der Waals surface area contributed by atoms with E-state index in [1.165, 1.54) is 0 Å². The molecule has 2 aromatic heterocycles. The molecule has 18 heavy (non-hydrogen) atoms. The average molecular weight is 262 g/mol. The van der Waals surface area contributed by atoms with Crippen molar-refractivity contribution < 1.29 is 4.79 Å². The molecule has 1 amide bonds. The van der Waals surface area contributed by atoms with Gasteiger partial charge in [-0.2, -0.15) is 4.98 Å². The Morgan fingerprint density at radius 2 is 2.39 bits per heavy atom. The third-order valence-electron chi connectivity index (χ3n) is 3.19. The highest BCUT2D eigenvalue weighted by Gasteiger charge is 2.39. The van der Waals surface area contributed by atoms with Gasteiger partial charge < -0.3 is 0 Å². The molecule has 94 valence electrons. The van der Waals surface area contributed by atoms with Crippen LogP contribution in [0.4, 0.5) is 5.95 Å². The summed E-state index contributed by atoms with van der Waals surface area (Å²) in [6, 6.07) is 3.93. The largest absolute Gasteiger partial charge is 0.294 e. The molecule has 5 nitrogen and oxygen atoms in total. The molecular weight excluding hydrogens is 248 g/mol. The normalized spacial score (nSPS) is 21.9. The van der Waals surface area contributed by atoms with Crippen molar-refractivity contribution >= 4 is 23.2 Å². The van der Waals surface area contributed by atoms with E-state index in [2.05, 4.69) is 22.3 Å². The fourth-order valence-electron chi connectivity index (χ4n) is 1.89. The van der Waals surface area contributed by atoms with E-state index in [1.54, 1.807) is 23.1 Å². The van der Waals surface area contributed by atoms with E-state index in [0.29, 0.717) is 17.7 Å². The highest BCUT2D eigenvalue weighted by atomic mass is 32.1. The Morgan fingerprint density at radius 1 is 1.61 bits per heavy atom. The van der Waals surface area contributed by atoms with E-state index in [4.69, 9.17) is 0 Å².